The van der Waals surface area contributed by atoms with E-state index in [4.69, 9.17) is 4.74 Å². The number of carbonyl (C=O) groups excluding carboxylic acids is 1. The molecule has 154 valence electrons. The quantitative estimate of drug-likeness (QED) is 0.372. The summed E-state index contributed by atoms with van der Waals surface area (Å²) in [5, 5.41) is 0. The van der Waals surface area contributed by atoms with Crippen LogP contribution >= 0.6 is 0 Å². The van der Waals surface area contributed by atoms with Crippen molar-refractivity contribution in [2.75, 3.05) is 0 Å². The molecule has 0 N–H and O–H groups in total. The van der Waals surface area contributed by atoms with E-state index in [9.17, 15) is 4.79 Å². The minimum absolute atomic E-state index is 0. The van der Waals surface area contributed by atoms with Crippen LogP contribution in [0.3, 0.4) is 0 Å². The molecule has 0 amide bonds. The van der Waals surface area contributed by atoms with Crippen LogP contribution < -0.4 is 4.74 Å². The Labute approximate surface area is 165 Å². The van der Waals surface area contributed by atoms with Crippen LogP contribution in [0.25, 0.3) is 6.08 Å². The van der Waals surface area contributed by atoms with Crippen molar-refractivity contribution in [3.05, 3.63) is 35.9 Å². The number of unbranched alkanes of at least 4 members (excludes halogenated alkanes) is 1. The largest absolute Gasteiger partial charge is 0.427 e. The third-order valence-corrected chi connectivity index (χ3v) is 3.19. The number of rotatable bonds is 6. The van der Waals surface area contributed by atoms with Gasteiger partial charge in [-0.2, -0.15) is 0 Å². The summed E-state index contributed by atoms with van der Waals surface area (Å²) in [5.41, 5.74) is 1.13. The molecular weight excluding hydrogens is 320 g/mol. The highest BCUT2D eigenvalue weighted by Gasteiger charge is 1.97. The van der Waals surface area contributed by atoms with Gasteiger partial charge in [-0.25, -0.2) is 0 Å². The average molecular weight is 367 g/mol. The number of hydrogen-bond acceptors (Lipinski definition) is 2. The van der Waals surface area contributed by atoms with Gasteiger partial charge in [-0.15, -0.1) is 0 Å². The Bertz CT molecular complexity index is 403. The van der Waals surface area contributed by atoms with Crippen molar-refractivity contribution in [2.24, 2.45) is 5.92 Å². The molecule has 0 aliphatic heterocycles. The first-order valence-electron chi connectivity index (χ1n) is 9.98. The van der Waals surface area contributed by atoms with Gasteiger partial charge >= 0.3 is 5.97 Å². The van der Waals surface area contributed by atoms with Crippen molar-refractivity contribution in [3.8, 4) is 5.75 Å². The number of ether oxygens (including phenoxy) is 1. The lowest BCUT2D eigenvalue weighted by Crippen LogP contribution is -2.00. The molecular formula is C24H46O2. The monoisotopic (exact) mass is 366 g/mol. The smallest absolute Gasteiger partial charge is 0.308 e. The lowest BCUT2D eigenvalue weighted by Gasteiger charge is -2.03. The predicted octanol–water partition coefficient (Wildman–Crippen LogP) is 8.56. The van der Waals surface area contributed by atoms with E-state index < -0.39 is 0 Å². The molecule has 2 nitrogen and oxygen atoms in total. The normalized spacial score (nSPS) is 9.88. The second-order valence-corrected chi connectivity index (χ2v) is 5.31. The van der Waals surface area contributed by atoms with Crippen molar-refractivity contribution in [2.45, 2.75) is 95.4 Å². The molecule has 1 aromatic rings. The molecule has 1 unspecified atom stereocenters. The maximum atomic E-state index is 10.7. The first-order chi connectivity index (χ1) is 12.0. The number of hydrogen-bond donors (Lipinski definition) is 0. The maximum Gasteiger partial charge on any atom is 0.308 e. The van der Waals surface area contributed by atoms with Gasteiger partial charge in [0.15, 0.2) is 0 Å². The third kappa shape index (κ3) is 22.4. The van der Waals surface area contributed by atoms with Crippen LogP contribution in [0.2, 0.25) is 0 Å². The van der Waals surface area contributed by atoms with Gasteiger partial charge < -0.3 is 4.74 Å². The highest BCUT2D eigenvalue weighted by Crippen LogP contribution is 2.14. The first-order valence-corrected chi connectivity index (χ1v) is 9.98. The second-order valence-electron chi connectivity index (χ2n) is 5.31. The number of carbonyl (C=O) groups is 1. The van der Waals surface area contributed by atoms with Gasteiger partial charge in [0.1, 0.15) is 5.75 Å². The molecule has 0 spiro atoms. The minimum atomic E-state index is -0.287. The van der Waals surface area contributed by atoms with Crippen molar-refractivity contribution in [1.82, 2.24) is 0 Å². The molecule has 0 radical (unpaired) electrons. The summed E-state index contributed by atoms with van der Waals surface area (Å²) in [7, 11) is 0. The van der Waals surface area contributed by atoms with E-state index in [-0.39, 0.29) is 13.4 Å². The van der Waals surface area contributed by atoms with Crippen molar-refractivity contribution >= 4 is 12.0 Å². The third-order valence-electron chi connectivity index (χ3n) is 3.19. The number of esters is 1. The Hall–Kier alpha value is -1.57. The van der Waals surface area contributed by atoms with Gasteiger partial charge in [-0.1, -0.05) is 106 Å². The van der Waals surface area contributed by atoms with Gasteiger partial charge in [0, 0.05) is 6.92 Å². The zero-order valence-corrected chi connectivity index (χ0v) is 18.2. The SMILES string of the molecule is C.CC.CC.CCC(C)C/C=C/c1ccc(OC(C)=O)cc1.CCCC. The molecule has 2 heteroatoms. The van der Waals surface area contributed by atoms with E-state index in [1.807, 2.05) is 52.0 Å². The predicted molar refractivity (Wildman–Crippen MR) is 121 cm³/mol. The van der Waals surface area contributed by atoms with Crippen molar-refractivity contribution in [1.29, 1.82) is 0 Å². The van der Waals surface area contributed by atoms with Crippen LogP contribution in [0.1, 0.15) is 101 Å². The Morgan fingerprint density at radius 1 is 1.00 bits per heavy atom. The standard InChI is InChI=1S/C15H20O2.C4H10.2C2H6.CH4/c1-4-12(2)6-5-7-14-8-10-15(11-9-14)17-13(3)16;1-3-4-2;2*1-2;/h5,7-12H,4,6H2,1-3H3;3-4H2,1-2H3;2*1-2H3;1H4/b7-5+;;;;. The molecule has 0 aliphatic rings. The van der Waals surface area contributed by atoms with E-state index >= 15 is 0 Å². The fourth-order valence-corrected chi connectivity index (χ4v) is 1.42. The molecule has 0 bridgehead atoms. The zero-order valence-electron chi connectivity index (χ0n) is 18.2. The van der Waals surface area contributed by atoms with Gasteiger partial charge in [-0.05, 0) is 30.0 Å². The Kier molecular flexibility index (Phi) is 31.7. The lowest BCUT2D eigenvalue weighted by molar-refractivity contribution is -0.131. The molecule has 26 heavy (non-hydrogen) atoms. The summed E-state index contributed by atoms with van der Waals surface area (Å²) < 4.78 is 4.97. The summed E-state index contributed by atoms with van der Waals surface area (Å²) in [6.07, 6.45) is 9.23. The highest BCUT2D eigenvalue weighted by atomic mass is 16.5. The molecule has 0 aromatic heterocycles. The molecule has 0 heterocycles. The molecule has 0 aliphatic carbocycles. The summed E-state index contributed by atoms with van der Waals surface area (Å²) in [5.74, 6) is 1.04. The summed E-state index contributed by atoms with van der Waals surface area (Å²) in [4.78, 5) is 10.7. The van der Waals surface area contributed by atoms with Crippen LogP contribution in [0, 0.1) is 5.92 Å². The maximum absolute atomic E-state index is 10.7. The summed E-state index contributed by atoms with van der Waals surface area (Å²) in [6, 6.07) is 7.52. The Morgan fingerprint density at radius 3 is 1.81 bits per heavy atom. The van der Waals surface area contributed by atoms with Gasteiger partial charge in [-0.3, -0.25) is 4.79 Å². The van der Waals surface area contributed by atoms with Crippen LogP contribution in [-0.2, 0) is 4.79 Å². The molecule has 1 rings (SSSR count). The van der Waals surface area contributed by atoms with Crippen molar-refractivity contribution in [3.63, 3.8) is 0 Å². The van der Waals surface area contributed by atoms with Crippen LogP contribution in [0.5, 0.6) is 5.75 Å². The zero-order chi connectivity index (χ0) is 20.1. The minimum Gasteiger partial charge on any atom is -0.427 e. The topological polar surface area (TPSA) is 26.3 Å². The van der Waals surface area contributed by atoms with Crippen molar-refractivity contribution < 1.29 is 9.53 Å². The Balaban J connectivity index is -0.000000232. The van der Waals surface area contributed by atoms with Crippen LogP contribution in [0.15, 0.2) is 30.3 Å². The van der Waals surface area contributed by atoms with E-state index in [1.54, 1.807) is 0 Å². The number of allylic oxidation sites excluding steroid dienone is 1. The molecule has 0 saturated heterocycles. The summed E-state index contributed by atoms with van der Waals surface area (Å²) in [6.45, 7) is 18.2. The molecule has 1 aromatic carbocycles. The number of benzene rings is 1. The fourth-order valence-electron chi connectivity index (χ4n) is 1.42. The molecule has 0 fully saturated rings. The lowest BCUT2D eigenvalue weighted by atomic mass is 10.0. The van der Waals surface area contributed by atoms with Gasteiger partial charge in [0.05, 0.1) is 0 Å². The molecule has 1 atom stereocenters. The molecule has 0 saturated carbocycles. The highest BCUT2D eigenvalue weighted by molar-refractivity contribution is 5.69. The van der Waals surface area contributed by atoms with Crippen LogP contribution in [0.4, 0.5) is 0 Å². The second kappa shape index (κ2) is 25.7. The van der Waals surface area contributed by atoms with E-state index in [2.05, 4.69) is 39.8 Å². The summed E-state index contributed by atoms with van der Waals surface area (Å²) >= 11 is 0. The average Bonchev–Trinajstić information content (AvgIpc) is 2.66. The van der Waals surface area contributed by atoms with Gasteiger partial charge in [0.25, 0.3) is 0 Å². The fraction of sp³-hybridized carbons (Fsp3) is 0.625. The van der Waals surface area contributed by atoms with Crippen LogP contribution in [-0.4, -0.2) is 5.97 Å². The van der Waals surface area contributed by atoms with E-state index in [0.29, 0.717) is 5.75 Å². The first kappa shape index (κ1) is 32.1. The van der Waals surface area contributed by atoms with Gasteiger partial charge in [0.2, 0.25) is 0 Å². The van der Waals surface area contributed by atoms with E-state index in [0.717, 1.165) is 17.9 Å². The van der Waals surface area contributed by atoms with E-state index in [1.165, 1.54) is 26.2 Å². The Morgan fingerprint density at radius 2 is 1.46 bits per heavy atom.